The molecule has 28 heavy (non-hydrogen) atoms. The van der Waals surface area contributed by atoms with Crippen molar-refractivity contribution in [3.63, 3.8) is 0 Å². The number of hydrogen-bond acceptors (Lipinski definition) is 5. The maximum atomic E-state index is 12.7. The van der Waals surface area contributed by atoms with Crippen LogP contribution in [-0.2, 0) is 21.2 Å². The Hall–Kier alpha value is -3.13. The van der Waals surface area contributed by atoms with Gasteiger partial charge in [0.05, 0.1) is 4.90 Å². The van der Waals surface area contributed by atoms with Crippen molar-refractivity contribution in [3.05, 3.63) is 60.2 Å². The monoisotopic (exact) mass is 397 g/mol. The van der Waals surface area contributed by atoms with Gasteiger partial charge in [-0.1, -0.05) is 12.1 Å². The number of nitrogens with one attached hydrogen (secondary N) is 1. The van der Waals surface area contributed by atoms with Gasteiger partial charge in [-0.2, -0.15) is 0 Å². The number of amides is 1. The number of anilines is 2. The van der Waals surface area contributed by atoms with Crippen LogP contribution in [0.15, 0.2) is 58.0 Å². The second-order valence-corrected chi connectivity index (χ2v) is 8.36. The Kier molecular flexibility index (Phi) is 4.43. The number of rotatable bonds is 4. The fourth-order valence-corrected chi connectivity index (χ4v) is 4.28. The van der Waals surface area contributed by atoms with Crippen LogP contribution in [-0.4, -0.2) is 26.4 Å². The van der Waals surface area contributed by atoms with Crippen LogP contribution in [0.3, 0.4) is 0 Å². The van der Waals surface area contributed by atoms with Crippen LogP contribution in [0, 0.1) is 6.92 Å². The largest absolute Gasteiger partial charge is 0.449 e. The number of carbonyl (C=O) groups is 1. The van der Waals surface area contributed by atoms with E-state index in [9.17, 15) is 13.2 Å². The topological polar surface area (TPSA) is 92.5 Å². The average Bonchev–Trinajstić information content (AvgIpc) is 3.11. The highest BCUT2D eigenvalue weighted by molar-refractivity contribution is 7.92. The summed E-state index contributed by atoms with van der Waals surface area (Å²) in [5, 5.41) is 0. The molecule has 7 nitrogen and oxygen atoms in total. The van der Waals surface area contributed by atoms with Gasteiger partial charge >= 0.3 is 0 Å². The van der Waals surface area contributed by atoms with E-state index in [1.54, 1.807) is 49.2 Å². The van der Waals surface area contributed by atoms with Gasteiger partial charge in [0.2, 0.25) is 5.91 Å². The number of sulfonamides is 1. The van der Waals surface area contributed by atoms with E-state index in [4.69, 9.17) is 4.42 Å². The molecular weight excluding hydrogens is 378 g/mol. The first-order chi connectivity index (χ1) is 13.3. The molecule has 4 rings (SSSR count). The zero-order chi connectivity index (χ0) is 19.9. The summed E-state index contributed by atoms with van der Waals surface area (Å²) in [5.41, 5.74) is 3.66. The van der Waals surface area contributed by atoms with Gasteiger partial charge in [-0.15, -0.1) is 0 Å². The van der Waals surface area contributed by atoms with Gasteiger partial charge in [-0.25, -0.2) is 13.4 Å². The van der Waals surface area contributed by atoms with E-state index in [0.29, 0.717) is 30.1 Å². The third-order valence-electron chi connectivity index (χ3n) is 4.75. The summed E-state index contributed by atoms with van der Waals surface area (Å²) in [6, 6.07) is 11.7. The number of aryl methyl sites for hydroxylation is 2. The SMILES string of the molecule is Cc1nc(-c2ccc(S(=O)(=O)Nc3ccc4c(c3)CCC(=O)N4C)cc2)co1. The van der Waals surface area contributed by atoms with Gasteiger partial charge in [0.1, 0.15) is 12.0 Å². The van der Waals surface area contributed by atoms with Gasteiger partial charge in [0.25, 0.3) is 10.0 Å². The van der Waals surface area contributed by atoms with E-state index in [1.165, 1.54) is 18.4 Å². The van der Waals surface area contributed by atoms with Crippen LogP contribution in [0.25, 0.3) is 11.3 Å². The molecule has 0 saturated carbocycles. The summed E-state index contributed by atoms with van der Waals surface area (Å²) in [6.07, 6.45) is 2.55. The van der Waals surface area contributed by atoms with Crippen molar-refractivity contribution in [2.24, 2.45) is 0 Å². The molecule has 1 amide bonds. The zero-order valence-corrected chi connectivity index (χ0v) is 16.3. The minimum atomic E-state index is -3.73. The molecule has 2 heterocycles. The predicted octanol–water partition coefficient (Wildman–Crippen LogP) is 3.36. The summed E-state index contributed by atoms with van der Waals surface area (Å²) in [6.45, 7) is 1.75. The third kappa shape index (κ3) is 3.38. The Balaban J connectivity index is 1.57. The molecule has 0 bridgehead atoms. The number of aromatic nitrogens is 1. The number of fused-ring (bicyclic) bond motifs is 1. The molecule has 0 radical (unpaired) electrons. The van der Waals surface area contributed by atoms with Crippen molar-refractivity contribution in [1.82, 2.24) is 4.98 Å². The van der Waals surface area contributed by atoms with E-state index >= 15 is 0 Å². The summed E-state index contributed by atoms with van der Waals surface area (Å²) in [5.74, 6) is 0.608. The van der Waals surface area contributed by atoms with Gasteiger partial charge in [0.15, 0.2) is 5.89 Å². The minimum Gasteiger partial charge on any atom is -0.449 e. The molecule has 3 aromatic rings. The lowest BCUT2D eigenvalue weighted by Crippen LogP contribution is -2.31. The lowest BCUT2D eigenvalue weighted by atomic mass is 10.0. The minimum absolute atomic E-state index is 0.0585. The molecule has 1 N–H and O–H groups in total. The van der Waals surface area contributed by atoms with E-state index < -0.39 is 10.0 Å². The van der Waals surface area contributed by atoms with Crippen LogP contribution in [0.2, 0.25) is 0 Å². The standard InChI is InChI=1S/C20H19N3O4S/c1-13-21-18(12-27-13)14-3-7-17(8-4-14)28(25,26)22-16-6-9-19-15(11-16)5-10-20(24)23(19)2/h3-4,6-9,11-12,22H,5,10H2,1-2H3. The van der Waals surface area contributed by atoms with Crippen LogP contribution in [0.5, 0.6) is 0 Å². The first kappa shape index (κ1) is 18.2. The van der Waals surface area contributed by atoms with Crippen molar-refractivity contribution in [3.8, 4) is 11.3 Å². The van der Waals surface area contributed by atoms with E-state index in [-0.39, 0.29) is 10.8 Å². The van der Waals surface area contributed by atoms with Crippen LogP contribution < -0.4 is 9.62 Å². The summed E-state index contributed by atoms with van der Waals surface area (Å²) in [7, 11) is -2.01. The summed E-state index contributed by atoms with van der Waals surface area (Å²) < 4.78 is 33.3. The lowest BCUT2D eigenvalue weighted by molar-refractivity contribution is -0.118. The second kappa shape index (κ2) is 6.79. The second-order valence-electron chi connectivity index (χ2n) is 6.68. The molecule has 0 aliphatic carbocycles. The van der Waals surface area contributed by atoms with Crippen molar-refractivity contribution in [1.29, 1.82) is 0 Å². The molecule has 1 aromatic heterocycles. The number of nitrogens with zero attached hydrogens (tertiary/aromatic N) is 2. The predicted molar refractivity (Wildman–Crippen MR) is 106 cm³/mol. The van der Waals surface area contributed by atoms with Gasteiger partial charge in [-0.05, 0) is 42.3 Å². The molecule has 0 unspecified atom stereocenters. The van der Waals surface area contributed by atoms with E-state index in [1.807, 2.05) is 0 Å². The Bertz CT molecular complexity index is 1150. The Morgan fingerprint density at radius 3 is 2.54 bits per heavy atom. The molecule has 1 aliphatic heterocycles. The number of hydrogen-bond donors (Lipinski definition) is 1. The number of oxazole rings is 1. The first-order valence-electron chi connectivity index (χ1n) is 8.78. The summed E-state index contributed by atoms with van der Waals surface area (Å²) in [4.78, 5) is 17.8. The normalized spacial score (nSPS) is 14.1. The number of carbonyl (C=O) groups excluding carboxylic acids is 1. The van der Waals surface area contributed by atoms with Crippen LogP contribution >= 0.6 is 0 Å². The fraction of sp³-hybridized carbons (Fsp3) is 0.200. The Labute approximate surface area is 163 Å². The van der Waals surface area contributed by atoms with E-state index in [0.717, 1.165) is 16.8 Å². The highest BCUT2D eigenvalue weighted by Crippen LogP contribution is 2.30. The molecule has 0 spiro atoms. The van der Waals surface area contributed by atoms with Gasteiger partial charge in [-0.3, -0.25) is 9.52 Å². The molecule has 0 saturated heterocycles. The summed E-state index contributed by atoms with van der Waals surface area (Å²) >= 11 is 0. The molecule has 2 aromatic carbocycles. The molecular formula is C20H19N3O4S. The Morgan fingerprint density at radius 1 is 1.11 bits per heavy atom. The average molecular weight is 397 g/mol. The van der Waals surface area contributed by atoms with Crippen molar-refractivity contribution in [2.75, 3.05) is 16.7 Å². The quantitative estimate of drug-likeness (QED) is 0.729. The Morgan fingerprint density at radius 2 is 1.86 bits per heavy atom. The maximum Gasteiger partial charge on any atom is 0.261 e. The smallest absolute Gasteiger partial charge is 0.261 e. The fourth-order valence-electron chi connectivity index (χ4n) is 3.24. The zero-order valence-electron chi connectivity index (χ0n) is 15.5. The van der Waals surface area contributed by atoms with Crippen molar-refractivity contribution in [2.45, 2.75) is 24.7 Å². The van der Waals surface area contributed by atoms with Crippen molar-refractivity contribution >= 4 is 27.3 Å². The van der Waals surface area contributed by atoms with Gasteiger partial charge in [0, 0.05) is 37.3 Å². The highest BCUT2D eigenvalue weighted by Gasteiger charge is 2.22. The highest BCUT2D eigenvalue weighted by atomic mass is 32.2. The van der Waals surface area contributed by atoms with E-state index in [2.05, 4.69) is 9.71 Å². The lowest BCUT2D eigenvalue weighted by Gasteiger charge is -2.26. The maximum absolute atomic E-state index is 12.7. The number of benzene rings is 2. The van der Waals surface area contributed by atoms with Crippen LogP contribution in [0.4, 0.5) is 11.4 Å². The van der Waals surface area contributed by atoms with Gasteiger partial charge < -0.3 is 9.32 Å². The molecule has 0 fully saturated rings. The van der Waals surface area contributed by atoms with Crippen molar-refractivity contribution < 1.29 is 17.6 Å². The molecule has 144 valence electrons. The third-order valence-corrected chi connectivity index (χ3v) is 6.15. The van der Waals surface area contributed by atoms with Crippen LogP contribution in [0.1, 0.15) is 17.9 Å². The molecule has 1 aliphatic rings. The molecule has 0 atom stereocenters. The molecule has 8 heteroatoms. The first-order valence-corrected chi connectivity index (χ1v) is 10.3.